The summed E-state index contributed by atoms with van der Waals surface area (Å²) in [5.74, 6) is 0.0555. The third-order valence-corrected chi connectivity index (χ3v) is 3.03. The molecule has 0 aliphatic carbocycles. The lowest BCUT2D eigenvalue weighted by atomic mass is 9.86. The second-order valence-electron chi connectivity index (χ2n) is 5.47. The van der Waals surface area contributed by atoms with Crippen LogP contribution in [0.15, 0.2) is 29.4 Å². The zero-order valence-corrected chi connectivity index (χ0v) is 10.8. The molecular formula is C14H18N2O. The largest absolute Gasteiger partial charge is 0.273 e. The van der Waals surface area contributed by atoms with Crippen molar-refractivity contribution in [3.8, 4) is 0 Å². The van der Waals surface area contributed by atoms with Crippen molar-refractivity contribution in [2.75, 3.05) is 7.05 Å². The first-order valence-corrected chi connectivity index (χ1v) is 5.83. The Hall–Kier alpha value is -1.64. The van der Waals surface area contributed by atoms with E-state index in [0.29, 0.717) is 6.42 Å². The summed E-state index contributed by atoms with van der Waals surface area (Å²) in [6.45, 7) is 6.56. The number of nitrogens with zero attached hydrogens (tertiary/aromatic N) is 2. The Balaban J connectivity index is 2.26. The third-order valence-electron chi connectivity index (χ3n) is 3.03. The molecule has 0 spiro atoms. The standard InChI is InChI=1S/C14H18N2O/c1-14(2,3)11-7-5-10(6-8-11)12-9-13(17)16(4)15-12/h5-8H,9H2,1-4H3. The number of carbonyl (C=O) groups is 1. The van der Waals surface area contributed by atoms with Gasteiger partial charge in [0.05, 0.1) is 12.1 Å². The fourth-order valence-corrected chi connectivity index (χ4v) is 1.85. The Morgan fingerprint density at radius 3 is 2.18 bits per heavy atom. The summed E-state index contributed by atoms with van der Waals surface area (Å²) >= 11 is 0. The molecule has 1 aliphatic rings. The molecule has 0 radical (unpaired) electrons. The van der Waals surface area contributed by atoms with E-state index in [9.17, 15) is 4.79 Å². The number of benzene rings is 1. The van der Waals surface area contributed by atoms with Crippen LogP contribution in [-0.4, -0.2) is 23.7 Å². The highest BCUT2D eigenvalue weighted by molar-refractivity contribution is 6.13. The number of hydrogen-bond acceptors (Lipinski definition) is 2. The Morgan fingerprint density at radius 1 is 1.18 bits per heavy atom. The van der Waals surface area contributed by atoms with Gasteiger partial charge in [-0.05, 0) is 16.5 Å². The van der Waals surface area contributed by atoms with Crippen LogP contribution in [0.3, 0.4) is 0 Å². The minimum absolute atomic E-state index is 0.0555. The van der Waals surface area contributed by atoms with E-state index >= 15 is 0 Å². The van der Waals surface area contributed by atoms with Crippen molar-refractivity contribution in [1.29, 1.82) is 0 Å². The Morgan fingerprint density at radius 2 is 1.76 bits per heavy atom. The molecule has 17 heavy (non-hydrogen) atoms. The third kappa shape index (κ3) is 2.38. The van der Waals surface area contributed by atoms with Crippen molar-refractivity contribution in [3.63, 3.8) is 0 Å². The minimum atomic E-state index is 0.0555. The quantitative estimate of drug-likeness (QED) is 0.729. The summed E-state index contributed by atoms with van der Waals surface area (Å²) in [5, 5.41) is 5.64. The van der Waals surface area contributed by atoms with Gasteiger partial charge in [-0.2, -0.15) is 5.10 Å². The van der Waals surface area contributed by atoms with Crippen molar-refractivity contribution in [3.05, 3.63) is 35.4 Å². The van der Waals surface area contributed by atoms with Gasteiger partial charge in [0.1, 0.15) is 0 Å². The van der Waals surface area contributed by atoms with E-state index in [1.807, 2.05) is 12.1 Å². The molecule has 3 nitrogen and oxygen atoms in total. The molecule has 0 saturated heterocycles. The predicted octanol–water partition coefficient (Wildman–Crippen LogP) is 2.55. The lowest BCUT2D eigenvalue weighted by molar-refractivity contribution is -0.127. The lowest BCUT2D eigenvalue weighted by Gasteiger charge is -2.19. The van der Waals surface area contributed by atoms with Gasteiger partial charge in [0.2, 0.25) is 5.91 Å². The number of rotatable bonds is 1. The van der Waals surface area contributed by atoms with E-state index in [2.05, 4.69) is 38.0 Å². The highest BCUT2D eigenvalue weighted by atomic mass is 16.2. The zero-order valence-electron chi connectivity index (χ0n) is 10.8. The smallest absolute Gasteiger partial charge is 0.248 e. The van der Waals surface area contributed by atoms with Crippen molar-refractivity contribution < 1.29 is 4.79 Å². The molecule has 0 unspecified atom stereocenters. The van der Waals surface area contributed by atoms with E-state index < -0.39 is 0 Å². The van der Waals surface area contributed by atoms with Gasteiger partial charge in [0.25, 0.3) is 0 Å². The Bertz CT molecular complexity index is 466. The number of amides is 1. The fraction of sp³-hybridized carbons (Fsp3) is 0.429. The summed E-state index contributed by atoms with van der Waals surface area (Å²) in [7, 11) is 1.69. The summed E-state index contributed by atoms with van der Waals surface area (Å²) in [6, 6.07) is 8.32. The van der Waals surface area contributed by atoms with Gasteiger partial charge in [-0.25, -0.2) is 5.01 Å². The van der Waals surface area contributed by atoms with Crippen LogP contribution in [0.4, 0.5) is 0 Å². The van der Waals surface area contributed by atoms with Gasteiger partial charge < -0.3 is 0 Å². The van der Waals surface area contributed by atoms with Crippen molar-refractivity contribution in [1.82, 2.24) is 5.01 Å². The first-order chi connectivity index (χ1) is 7.88. The monoisotopic (exact) mass is 230 g/mol. The van der Waals surface area contributed by atoms with Crippen molar-refractivity contribution >= 4 is 11.6 Å². The van der Waals surface area contributed by atoms with Crippen LogP contribution in [0.1, 0.15) is 38.3 Å². The highest BCUT2D eigenvalue weighted by Gasteiger charge is 2.21. The molecule has 1 aliphatic heterocycles. The second-order valence-corrected chi connectivity index (χ2v) is 5.47. The minimum Gasteiger partial charge on any atom is -0.273 e. The van der Waals surface area contributed by atoms with Gasteiger partial charge in [0, 0.05) is 7.05 Å². The van der Waals surface area contributed by atoms with Crippen LogP contribution in [0.5, 0.6) is 0 Å². The van der Waals surface area contributed by atoms with Crippen LogP contribution in [-0.2, 0) is 10.2 Å². The van der Waals surface area contributed by atoms with Gasteiger partial charge in [-0.15, -0.1) is 0 Å². The molecule has 1 amide bonds. The maximum Gasteiger partial charge on any atom is 0.248 e. The summed E-state index contributed by atoms with van der Waals surface area (Å²) < 4.78 is 0. The summed E-state index contributed by atoms with van der Waals surface area (Å²) in [4.78, 5) is 11.4. The van der Waals surface area contributed by atoms with Gasteiger partial charge >= 0.3 is 0 Å². The number of hydrogen-bond donors (Lipinski definition) is 0. The number of hydrazone groups is 1. The normalized spacial score (nSPS) is 16.4. The zero-order chi connectivity index (χ0) is 12.6. The lowest BCUT2D eigenvalue weighted by Crippen LogP contribution is -2.14. The Labute approximate surface area is 102 Å². The molecule has 1 aromatic rings. The van der Waals surface area contributed by atoms with Gasteiger partial charge in [-0.1, -0.05) is 45.0 Å². The number of carbonyl (C=O) groups excluding carboxylic acids is 1. The fourth-order valence-electron chi connectivity index (χ4n) is 1.85. The maximum atomic E-state index is 11.4. The molecule has 0 atom stereocenters. The molecule has 0 N–H and O–H groups in total. The predicted molar refractivity (Wildman–Crippen MR) is 69.1 cm³/mol. The van der Waals surface area contributed by atoms with Gasteiger partial charge in [-0.3, -0.25) is 4.79 Å². The van der Waals surface area contributed by atoms with Crippen LogP contribution < -0.4 is 0 Å². The van der Waals surface area contributed by atoms with E-state index in [0.717, 1.165) is 11.3 Å². The molecule has 0 fully saturated rings. The van der Waals surface area contributed by atoms with Crippen LogP contribution in [0, 0.1) is 0 Å². The molecule has 0 aromatic heterocycles. The topological polar surface area (TPSA) is 32.7 Å². The average Bonchev–Trinajstić information content (AvgIpc) is 2.58. The van der Waals surface area contributed by atoms with Crippen molar-refractivity contribution in [2.45, 2.75) is 32.6 Å². The van der Waals surface area contributed by atoms with Crippen LogP contribution in [0.2, 0.25) is 0 Å². The molecule has 0 bridgehead atoms. The summed E-state index contributed by atoms with van der Waals surface area (Å²) in [5.41, 5.74) is 3.34. The molecule has 90 valence electrons. The molecule has 0 saturated carbocycles. The first-order valence-electron chi connectivity index (χ1n) is 5.83. The van der Waals surface area contributed by atoms with Crippen molar-refractivity contribution in [2.24, 2.45) is 5.10 Å². The SMILES string of the molecule is CN1N=C(c2ccc(C(C)(C)C)cc2)CC1=O. The molecule has 1 heterocycles. The summed E-state index contributed by atoms with van der Waals surface area (Å²) in [6.07, 6.45) is 0.408. The van der Waals surface area contributed by atoms with E-state index in [-0.39, 0.29) is 11.3 Å². The molecular weight excluding hydrogens is 212 g/mol. The van der Waals surface area contributed by atoms with Crippen LogP contribution >= 0.6 is 0 Å². The van der Waals surface area contributed by atoms with Crippen LogP contribution in [0.25, 0.3) is 0 Å². The molecule has 2 rings (SSSR count). The van der Waals surface area contributed by atoms with E-state index in [1.165, 1.54) is 10.6 Å². The maximum absolute atomic E-state index is 11.4. The average molecular weight is 230 g/mol. The Kier molecular flexibility index (Phi) is 2.77. The molecule has 3 heteroatoms. The second kappa shape index (κ2) is 3.99. The molecule has 1 aromatic carbocycles. The first kappa shape index (κ1) is 11.8. The van der Waals surface area contributed by atoms with E-state index in [1.54, 1.807) is 7.05 Å². The highest BCUT2D eigenvalue weighted by Crippen LogP contribution is 2.23. The van der Waals surface area contributed by atoms with E-state index in [4.69, 9.17) is 0 Å². The van der Waals surface area contributed by atoms with Gasteiger partial charge in [0.15, 0.2) is 0 Å².